The van der Waals surface area contributed by atoms with Gasteiger partial charge in [-0.05, 0) is 52.2 Å². The lowest BCUT2D eigenvalue weighted by Gasteiger charge is -2.36. The molecule has 0 radical (unpaired) electrons. The van der Waals surface area contributed by atoms with Gasteiger partial charge in [-0.3, -0.25) is 9.69 Å². The molecule has 1 amide bonds. The SMILES string of the molecule is O=C(c1cccc2ccccc12)N1CCN(C[C@H](OCc2ccc(C(F)(F)F)cc2)c2ccc(Cl)cc2)CC1. The number of alkyl halides is 3. The number of carbonyl (C=O) groups excluding carboxylic acids is 1. The molecule has 1 atom stereocenters. The number of piperazine rings is 1. The van der Waals surface area contributed by atoms with Crippen LogP contribution in [-0.2, 0) is 17.5 Å². The Morgan fingerprint density at radius 1 is 0.846 bits per heavy atom. The van der Waals surface area contributed by atoms with Crippen LogP contribution in [0, 0.1) is 0 Å². The second-order valence-electron chi connectivity index (χ2n) is 9.67. The maximum Gasteiger partial charge on any atom is 0.416 e. The molecule has 4 aromatic carbocycles. The zero-order valence-electron chi connectivity index (χ0n) is 21.2. The van der Waals surface area contributed by atoms with E-state index in [2.05, 4.69) is 4.90 Å². The number of ether oxygens (including phenoxy) is 1. The Kier molecular flexibility index (Phi) is 8.21. The van der Waals surface area contributed by atoms with Crippen LogP contribution in [0.3, 0.4) is 0 Å². The van der Waals surface area contributed by atoms with E-state index in [1.54, 1.807) is 12.1 Å². The van der Waals surface area contributed by atoms with Crippen molar-refractivity contribution in [2.45, 2.75) is 18.9 Å². The molecular weight excluding hydrogens is 525 g/mol. The predicted octanol–water partition coefficient (Wildman–Crippen LogP) is 7.23. The molecule has 1 saturated heterocycles. The first-order chi connectivity index (χ1) is 18.8. The third-order valence-electron chi connectivity index (χ3n) is 7.08. The Labute approximate surface area is 230 Å². The topological polar surface area (TPSA) is 32.8 Å². The molecule has 0 unspecified atom stereocenters. The van der Waals surface area contributed by atoms with Crippen LogP contribution >= 0.6 is 11.6 Å². The van der Waals surface area contributed by atoms with Gasteiger partial charge >= 0.3 is 6.18 Å². The first-order valence-corrected chi connectivity index (χ1v) is 13.2. The van der Waals surface area contributed by atoms with Gasteiger partial charge in [-0.15, -0.1) is 0 Å². The lowest BCUT2D eigenvalue weighted by Crippen LogP contribution is -2.49. The molecule has 0 bridgehead atoms. The molecule has 0 spiro atoms. The van der Waals surface area contributed by atoms with Crippen molar-refractivity contribution in [3.63, 3.8) is 0 Å². The summed E-state index contributed by atoms with van der Waals surface area (Å²) in [4.78, 5) is 17.5. The largest absolute Gasteiger partial charge is 0.416 e. The zero-order chi connectivity index (χ0) is 27.4. The standard InChI is InChI=1S/C31H28ClF3N2O2/c32-26-14-10-24(11-15-26)29(39-21-22-8-12-25(13-9-22)31(33,34)35)20-36-16-18-37(19-17-36)30(38)28-7-3-5-23-4-1-2-6-27(23)28/h1-15,29H,16-21H2/t29-/m0/s1. The zero-order valence-corrected chi connectivity index (χ0v) is 22.0. The first-order valence-electron chi connectivity index (χ1n) is 12.8. The van der Waals surface area contributed by atoms with Gasteiger partial charge in [0.25, 0.3) is 5.91 Å². The average Bonchev–Trinajstić information content (AvgIpc) is 2.95. The van der Waals surface area contributed by atoms with Crippen molar-refractivity contribution >= 4 is 28.3 Å². The summed E-state index contributed by atoms with van der Waals surface area (Å²) in [7, 11) is 0. The van der Waals surface area contributed by atoms with Gasteiger partial charge in [0.2, 0.25) is 0 Å². The van der Waals surface area contributed by atoms with Gasteiger partial charge in [0, 0.05) is 43.3 Å². The molecule has 39 heavy (non-hydrogen) atoms. The van der Waals surface area contributed by atoms with Crippen molar-refractivity contribution in [2.24, 2.45) is 0 Å². The van der Waals surface area contributed by atoms with Crippen molar-refractivity contribution in [1.29, 1.82) is 0 Å². The summed E-state index contributed by atoms with van der Waals surface area (Å²) in [5.74, 6) is 0.0271. The fraction of sp³-hybridized carbons (Fsp3) is 0.258. The summed E-state index contributed by atoms with van der Waals surface area (Å²) < 4.78 is 45.0. The summed E-state index contributed by atoms with van der Waals surface area (Å²) in [6.07, 6.45) is -4.69. The van der Waals surface area contributed by atoms with Gasteiger partial charge in [0.05, 0.1) is 18.3 Å². The van der Waals surface area contributed by atoms with Crippen LogP contribution in [0.5, 0.6) is 0 Å². The summed E-state index contributed by atoms with van der Waals surface area (Å²) in [5, 5.41) is 2.60. The number of amides is 1. The average molecular weight is 553 g/mol. The van der Waals surface area contributed by atoms with E-state index >= 15 is 0 Å². The fourth-order valence-corrected chi connectivity index (χ4v) is 4.99. The maximum absolute atomic E-state index is 13.3. The third-order valence-corrected chi connectivity index (χ3v) is 7.33. The Hall–Kier alpha value is -3.39. The van der Waals surface area contributed by atoms with Crippen molar-refractivity contribution in [3.8, 4) is 0 Å². The number of benzene rings is 4. The summed E-state index contributed by atoms with van der Waals surface area (Å²) >= 11 is 6.08. The monoisotopic (exact) mass is 552 g/mol. The minimum atomic E-state index is -4.37. The van der Waals surface area contributed by atoms with Gasteiger partial charge in [0.1, 0.15) is 0 Å². The Balaban J connectivity index is 1.23. The van der Waals surface area contributed by atoms with Crippen molar-refractivity contribution in [1.82, 2.24) is 9.80 Å². The van der Waals surface area contributed by atoms with Crippen LogP contribution in [0.15, 0.2) is 91.0 Å². The third kappa shape index (κ3) is 6.61. The second kappa shape index (κ2) is 11.8. The van der Waals surface area contributed by atoms with E-state index in [1.807, 2.05) is 59.5 Å². The normalized spacial score (nSPS) is 15.4. The van der Waals surface area contributed by atoms with Crippen molar-refractivity contribution in [3.05, 3.63) is 118 Å². The van der Waals surface area contributed by atoms with E-state index in [0.29, 0.717) is 48.9 Å². The van der Waals surface area contributed by atoms with Crippen molar-refractivity contribution < 1.29 is 22.7 Å². The van der Waals surface area contributed by atoms with Gasteiger partial charge in [-0.25, -0.2) is 0 Å². The van der Waals surface area contributed by atoms with Crippen LogP contribution in [0.4, 0.5) is 13.2 Å². The van der Waals surface area contributed by atoms with Crippen LogP contribution in [0.25, 0.3) is 10.8 Å². The van der Waals surface area contributed by atoms with Gasteiger partial charge in [0.15, 0.2) is 0 Å². The van der Waals surface area contributed by atoms with Crippen LogP contribution in [-0.4, -0.2) is 48.4 Å². The molecule has 1 aliphatic rings. The number of fused-ring (bicyclic) bond motifs is 1. The highest BCUT2D eigenvalue weighted by atomic mass is 35.5. The molecule has 4 nitrogen and oxygen atoms in total. The first kappa shape index (κ1) is 27.2. The Bertz CT molecular complexity index is 1410. The summed E-state index contributed by atoms with van der Waals surface area (Å²) in [6, 6.07) is 26.1. The Morgan fingerprint density at radius 2 is 1.51 bits per heavy atom. The van der Waals surface area contributed by atoms with Gasteiger partial charge in [-0.2, -0.15) is 13.2 Å². The molecule has 0 aliphatic carbocycles. The van der Waals surface area contributed by atoms with Gasteiger partial charge < -0.3 is 9.64 Å². The Morgan fingerprint density at radius 3 is 2.21 bits per heavy atom. The highest BCUT2D eigenvalue weighted by Crippen LogP contribution is 2.30. The highest BCUT2D eigenvalue weighted by molar-refractivity contribution is 6.30. The molecule has 1 fully saturated rings. The maximum atomic E-state index is 13.3. The lowest BCUT2D eigenvalue weighted by atomic mass is 10.0. The minimum Gasteiger partial charge on any atom is -0.368 e. The number of hydrogen-bond donors (Lipinski definition) is 0. The second-order valence-corrected chi connectivity index (χ2v) is 10.1. The number of hydrogen-bond acceptors (Lipinski definition) is 3. The predicted molar refractivity (Wildman–Crippen MR) is 147 cm³/mol. The van der Waals surface area contributed by atoms with Crippen molar-refractivity contribution in [2.75, 3.05) is 32.7 Å². The number of nitrogens with zero attached hydrogens (tertiary/aromatic N) is 2. The van der Waals surface area contributed by atoms with Crippen LogP contribution < -0.4 is 0 Å². The van der Waals surface area contributed by atoms with Gasteiger partial charge in [-0.1, -0.05) is 72.3 Å². The molecule has 5 rings (SSSR count). The fourth-order valence-electron chi connectivity index (χ4n) is 4.87. The molecule has 1 heterocycles. The number of halogens is 4. The minimum absolute atomic E-state index is 0.0271. The highest BCUT2D eigenvalue weighted by Gasteiger charge is 2.30. The molecule has 202 valence electrons. The molecule has 0 aromatic heterocycles. The van der Waals surface area contributed by atoms with E-state index in [4.69, 9.17) is 16.3 Å². The molecule has 1 aliphatic heterocycles. The van der Waals surface area contributed by atoms with E-state index < -0.39 is 11.7 Å². The van der Waals surface area contributed by atoms with E-state index in [0.717, 1.165) is 28.5 Å². The molecule has 8 heteroatoms. The molecule has 4 aromatic rings. The summed E-state index contributed by atoms with van der Waals surface area (Å²) in [5.41, 5.74) is 1.62. The smallest absolute Gasteiger partial charge is 0.368 e. The summed E-state index contributed by atoms with van der Waals surface area (Å²) in [6.45, 7) is 3.31. The lowest BCUT2D eigenvalue weighted by molar-refractivity contribution is -0.137. The molecular formula is C31H28ClF3N2O2. The van der Waals surface area contributed by atoms with Crippen LogP contribution in [0.2, 0.25) is 5.02 Å². The quantitative estimate of drug-likeness (QED) is 0.242. The van der Waals surface area contributed by atoms with E-state index in [-0.39, 0.29) is 18.6 Å². The van der Waals surface area contributed by atoms with E-state index in [9.17, 15) is 18.0 Å². The van der Waals surface area contributed by atoms with Crippen LogP contribution in [0.1, 0.15) is 33.2 Å². The molecule has 0 saturated carbocycles. The number of carbonyl (C=O) groups is 1. The molecule has 0 N–H and O–H groups in total. The van der Waals surface area contributed by atoms with E-state index in [1.165, 1.54) is 12.1 Å². The number of rotatable bonds is 7.